The normalized spacial score (nSPS) is 10.8. The molecular weight excluding hydrogens is 304 g/mol. The van der Waals surface area contributed by atoms with E-state index < -0.39 is 0 Å². The molecule has 4 nitrogen and oxygen atoms in total. The van der Waals surface area contributed by atoms with Gasteiger partial charge in [-0.25, -0.2) is 0 Å². The van der Waals surface area contributed by atoms with Crippen molar-refractivity contribution in [2.45, 2.75) is 0 Å². The van der Waals surface area contributed by atoms with Crippen molar-refractivity contribution in [2.24, 2.45) is 0 Å². The fourth-order valence-corrected chi connectivity index (χ4v) is 2.25. The van der Waals surface area contributed by atoms with E-state index in [9.17, 15) is 4.79 Å². The van der Waals surface area contributed by atoms with Crippen LogP contribution in [0.5, 0.6) is 0 Å². The van der Waals surface area contributed by atoms with E-state index in [4.69, 9.17) is 4.74 Å². The SMILES string of the molecule is CN(C)CCOCCNC(=O)c1csc(Br)c1. The Labute approximate surface area is 114 Å². The molecule has 1 heterocycles. The molecule has 1 rings (SSSR count). The van der Waals surface area contributed by atoms with Crippen molar-refractivity contribution in [1.29, 1.82) is 0 Å². The minimum Gasteiger partial charge on any atom is -0.378 e. The highest BCUT2D eigenvalue weighted by Crippen LogP contribution is 2.20. The molecule has 1 aromatic heterocycles. The second-order valence-electron chi connectivity index (χ2n) is 3.81. The number of carbonyl (C=O) groups is 1. The summed E-state index contributed by atoms with van der Waals surface area (Å²) in [7, 11) is 4.00. The van der Waals surface area contributed by atoms with Gasteiger partial charge in [0.1, 0.15) is 0 Å². The van der Waals surface area contributed by atoms with Crippen molar-refractivity contribution in [3.8, 4) is 0 Å². The Morgan fingerprint density at radius 1 is 1.53 bits per heavy atom. The third kappa shape index (κ3) is 6.16. The third-order valence-electron chi connectivity index (χ3n) is 2.04. The molecule has 0 saturated heterocycles. The van der Waals surface area contributed by atoms with E-state index in [2.05, 4.69) is 26.1 Å². The lowest BCUT2D eigenvalue weighted by molar-refractivity contribution is 0.0900. The molecule has 0 spiro atoms. The van der Waals surface area contributed by atoms with E-state index in [0.29, 0.717) is 25.3 Å². The number of halogens is 1. The number of nitrogens with one attached hydrogen (secondary N) is 1. The van der Waals surface area contributed by atoms with Gasteiger partial charge in [-0.05, 0) is 36.1 Å². The Hall–Kier alpha value is -0.430. The zero-order chi connectivity index (χ0) is 12.7. The number of carbonyl (C=O) groups excluding carboxylic acids is 1. The van der Waals surface area contributed by atoms with E-state index >= 15 is 0 Å². The van der Waals surface area contributed by atoms with Crippen LogP contribution in [-0.4, -0.2) is 51.2 Å². The first-order valence-corrected chi connectivity index (χ1v) is 7.01. The number of ether oxygens (including phenoxy) is 1. The van der Waals surface area contributed by atoms with Gasteiger partial charge in [0.15, 0.2) is 0 Å². The van der Waals surface area contributed by atoms with Crippen LogP contribution < -0.4 is 5.32 Å². The number of amides is 1. The second kappa shape index (κ2) is 7.81. The monoisotopic (exact) mass is 320 g/mol. The van der Waals surface area contributed by atoms with Crippen molar-refractivity contribution in [3.05, 3.63) is 20.8 Å². The van der Waals surface area contributed by atoms with Gasteiger partial charge >= 0.3 is 0 Å². The van der Waals surface area contributed by atoms with Gasteiger partial charge in [-0.3, -0.25) is 4.79 Å². The number of nitrogens with zero attached hydrogens (tertiary/aromatic N) is 1. The Bertz CT molecular complexity index is 355. The number of hydrogen-bond donors (Lipinski definition) is 1. The molecule has 17 heavy (non-hydrogen) atoms. The van der Waals surface area contributed by atoms with Crippen molar-refractivity contribution in [3.63, 3.8) is 0 Å². The molecule has 1 amide bonds. The molecule has 0 unspecified atom stereocenters. The Balaban J connectivity index is 2.09. The van der Waals surface area contributed by atoms with Gasteiger partial charge < -0.3 is 15.0 Å². The molecule has 0 saturated carbocycles. The number of hydrogen-bond acceptors (Lipinski definition) is 4. The molecule has 1 N–H and O–H groups in total. The molecule has 0 atom stereocenters. The smallest absolute Gasteiger partial charge is 0.252 e. The summed E-state index contributed by atoms with van der Waals surface area (Å²) in [6.45, 7) is 2.67. The lowest BCUT2D eigenvalue weighted by atomic mass is 10.3. The fourth-order valence-electron chi connectivity index (χ4n) is 1.12. The van der Waals surface area contributed by atoms with Crippen molar-refractivity contribution in [1.82, 2.24) is 10.2 Å². The zero-order valence-electron chi connectivity index (χ0n) is 10.0. The molecular formula is C11H17BrN2O2S. The molecule has 0 radical (unpaired) electrons. The summed E-state index contributed by atoms with van der Waals surface area (Å²) >= 11 is 4.83. The van der Waals surface area contributed by atoms with Gasteiger partial charge in [0.25, 0.3) is 5.91 Å². The summed E-state index contributed by atoms with van der Waals surface area (Å²) in [6.07, 6.45) is 0. The average Bonchev–Trinajstić information content (AvgIpc) is 2.69. The Morgan fingerprint density at radius 2 is 2.29 bits per heavy atom. The minimum absolute atomic E-state index is 0.0526. The molecule has 0 fully saturated rings. The topological polar surface area (TPSA) is 41.6 Å². The van der Waals surface area contributed by atoms with Crippen LogP contribution in [-0.2, 0) is 4.74 Å². The van der Waals surface area contributed by atoms with Gasteiger partial charge in [0, 0.05) is 18.5 Å². The average molecular weight is 321 g/mol. The van der Waals surface area contributed by atoms with Crippen LogP contribution in [0.2, 0.25) is 0 Å². The standard InChI is InChI=1S/C11H17BrN2O2S/c1-14(2)4-6-16-5-3-13-11(15)9-7-10(12)17-8-9/h7-8H,3-6H2,1-2H3,(H,13,15). The van der Waals surface area contributed by atoms with Crippen molar-refractivity contribution < 1.29 is 9.53 Å². The van der Waals surface area contributed by atoms with E-state index in [0.717, 1.165) is 10.3 Å². The summed E-state index contributed by atoms with van der Waals surface area (Å²) in [5.74, 6) is -0.0526. The lowest BCUT2D eigenvalue weighted by Crippen LogP contribution is -2.28. The number of rotatable bonds is 7. The van der Waals surface area contributed by atoms with Crippen molar-refractivity contribution >= 4 is 33.2 Å². The molecule has 96 valence electrons. The highest BCUT2D eigenvalue weighted by Gasteiger charge is 2.06. The summed E-state index contributed by atoms with van der Waals surface area (Å²) in [5.41, 5.74) is 0.690. The molecule has 6 heteroatoms. The van der Waals surface area contributed by atoms with Crippen molar-refractivity contribution in [2.75, 3.05) is 40.4 Å². The highest BCUT2D eigenvalue weighted by molar-refractivity contribution is 9.11. The Kier molecular flexibility index (Phi) is 6.72. The first-order valence-electron chi connectivity index (χ1n) is 5.34. The predicted octanol–water partition coefficient (Wildman–Crippen LogP) is 1.82. The first kappa shape index (κ1) is 14.6. The maximum Gasteiger partial charge on any atom is 0.252 e. The summed E-state index contributed by atoms with van der Waals surface area (Å²) in [4.78, 5) is 13.7. The van der Waals surface area contributed by atoms with E-state index in [1.165, 1.54) is 11.3 Å². The highest BCUT2D eigenvalue weighted by atomic mass is 79.9. The largest absolute Gasteiger partial charge is 0.378 e. The molecule has 0 aromatic carbocycles. The van der Waals surface area contributed by atoms with Crippen LogP contribution in [0.15, 0.2) is 15.2 Å². The summed E-state index contributed by atoms with van der Waals surface area (Å²) in [5, 5.41) is 4.63. The second-order valence-corrected chi connectivity index (χ2v) is 6.10. The lowest BCUT2D eigenvalue weighted by Gasteiger charge is -2.10. The van der Waals surface area contributed by atoms with Crippen LogP contribution in [0.1, 0.15) is 10.4 Å². The van der Waals surface area contributed by atoms with Crippen LogP contribution >= 0.6 is 27.3 Å². The number of likely N-dealkylation sites (N-methyl/N-ethyl adjacent to an activating group) is 1. The molecule has 0 bridgehead atoms. The summed E-state index contributed by atoms with van der Waals surface area (Å²) in [6, 6.07) is 1.81. The maximum atomic E-state index is 11.6. The van der Waals surface area contributed by atoms with Gasteiger partial charge in [-0.2, -0.15) is 0 Å². The Morgan fingerprint density at radius 3 is 2.88 bits per heavy atom. The van der Waals surface area contributed by atoms with Gasteiger partial charge in [-0.15, -0.1) is 11.3 Å². The number of thiophene rings is 1. The maximum absolute atomic E-state index is 11.6. The van der Waals surface area contributed by atoms with Crippen LogP contribution in [0.4, 0.5) is 0 Å². The van der Waals surface area contributed by atoms with Gasteiger partial charge in [0.05, 0.1) is 22.6 Å². The summed E-state index contributed by atoms with van der Waals surface area (Å²) < 4.78 is 6.34. The first-order chi connectivity index (χ1) is 8.09. The molecule has 1 aromatic rings. The van der Waals surface area contributed by atoms with Crippen LogP contribution in [0.25, 0.3) is 0 Å². The van der Waals surface area contributed by atoms with E-state index in [1.807, 2.05) is 25.5 Å². The van der Waals surface area contributed by atoms with Crippen LogP contribution in [0, 0.1) is 0 Å². The molecule has 0 aliphatic carbocycles. The van der Waals surface area contributed by atoms with Crippen LogP contribution in [0.3, 0.4) is 0 Å². The van der Waals surface area contributed by atoms with Gasteiger partial charge in [0.2, 0.25) is 0 Å². The predicted molar refractivity (Wildman–Crippen MR) is 73.7 cm³/mol. The fraction of sp³-hybridized carbons (Fsp3) is 0.545. The quantitative estimate of drug-likeness (QED) is 0.779. The minimum atomic E-state index is -0.0526. The van der Waals surface area contributed by atoms with Gasteiger partial charge in [-0.1, -0.05) is 0 Å². The van der Waals surface area contributed by atoms with E-state index in [-0.39, 0.29) is 5.91 Å². The zero-order valence-corrected chi connectivity index (χ0v) is 12.4. The molecule has 0 aliphatic rings. The third-order valence-corrected chi connectivity index (χ3v) is 3.55. The molecule has 0 aliphatic heterocycles. The van der Waals surface area contributed by atoms with E-state index in [1.54, 1.807) is 0 Å².